The fraction of sp³-hybridized carbons (Fsp3) is 0.478. The van der Waals surface area contributed by atoms with Crippen LogP contribution in [0, 0.1) is 0 Å². The molecule has 8 heteroatoms. The zero-order chi connectivity index (χ0) is 21.3. The lowest BCUT2D eigenvalue weighted by atomic mass is 10.1. The Morgan fingerprint density at radius 2 is 1.84 bits per heavy atom. The van der Waals surface area contributed by atoms with Crippen LogP contribution in [0.4, 0.5) is 5.00 Å². The largest absolute Gasteiger partial charge is 0.363 e. The van der Waals surface area contributed by atoms with Gasteiger partial charge in [0, 0.05) is 51.4 Å². The van der Waals surface area contributed by atoms with Crippen LogP contribution in [0.15, 0.2) is 46.8 Å². The van der Waals surface area contributed by atoms with Crippen molar-refractivity contribution in [1.29, 1.82) is 0 Å². The smallest absolute Gasteiger partial charge is 0.253 e. The van der Waals surface area contributed by atoms with Gasteiger partial charge < -0.3 is 20.4 Å². The molecular weight excluding hydrogens is 521 g/mol. The first-order valence-electron chi connectivity index (χ1n) is 10.8. The highest BCUT2D eigenvalue weighted by Gasteiger charge is 2.20. The Morgan fingerprint density at radius 1 is 1.16 bits per heavy atom. The minimum absolute atomic E-state index is 0. The summed E-state index contributed by atoms with van der Waals surface area (Å²) in [5, 5.41) is 10.5. The lowest BCUT2D eigenvalue weighted by Crippen LogP contribution is -2.48. The van der Waals surface area contributed by atoms with E-state index in [1.165, 1.54) is 5.00 Å². The summed E-state index contributed by atoms with van der Waals surface area (Å²) >= 11 is 1.81. The Kier molecular flexibility index (Phi) is 10.6. The summed E-state index contributed by atoms with van der Waals surface area (Å²) in [7, 11) is 1.81. The Labute approximate surface area is 207 Å². The molecule has 0 unspecified atom stereocenters. The quantitative estimate of drug-likeness (QED) is 0.306. The van der Waals surface area contributed by atoms with Gasteiger partial charge in [0.25, 0.3) is 5.91 Å². The summed E-state index contributed by atoms with van der Waals surface area (Å²) in [5.74, 6) is 0.916. The van der Waals surface area contributed by atoms with Gasteiger partial charge in [-0.15, -0.1) is 35.3 Å². The van der Waals surface area contributed by atoms with E-state index in [0.717, 1.165) is 56.1 Å². The van der Waals surface area contributed by atoms with Crippen LogP contribution >= 0.6 is 35.3 Å². The summed E-state index contributed by atoms with van der Waals surface area (Å²) in [6.45, 7) is 8.27. The molecule has 0 bridgehead atoms. The topological polar surface area (TPSA) is 60.0 Å². The maximum Gasteiger partial charge on any atom is 0.253 e. The molecule has 0 radical (unpaired) electrons. The molecule has 0 saturated carbocycles. The highest BCUT2D eigenvalue weighted by Crippen LogP contribution is 2.24. The molecule has 0 atom stereocenters. The number of hydrogen-bond donors (Lipinski definition) is 2. The molecule has 31 heavy (non-hydrogen) atoms. The second-order valence-corrected chi connectivity index (χ2v) is 8.38. The van der Waals surface area contributed by atoms with Crippen molar-refractivity contribution >= 4 is 52.2 Å². The van der Waals surface area contributed by atoms with Gasteiger partial charge >= 0.3 is 0 Å². The standard InChI is InChI=1S/C23H33N5OS.HI/c1-4-27(5-2)22(29)19-10-8-18(9-11-19)17-25-23(24-3)26-20-12-14-28(15-13-20)21-7-6-16-30-21;/h6-11,16,20H,4-5,12-15,17H2,1-3H3,(H2,24,25,26);1H. The van der Waals surface area contributed by atoms with E-state index in [9.17, 15) is 4.79 Å². The number of carbonyl (C=O) groups excluding carboxylic acids is 1. The number of piperidine rings is 1. The molecule has 2 aromatic rings. The second kappa shape index (κ2) is 12.9. The van der Waals surface area contributed by atoms with E-state index in [-0.39, 0.29) is 29.9 Å². The number of nitrogens with one attached hydrogen (secondary N) is 2. The number of aliphatic imine (C=N–C) groups is 1. The first-order valence-corrected chi connectivity index (χ1v) is 11.7. The van der Waals surface area contributed by atoms with E-state index in [1.807, 2.05) is 61.4 Å². The Bertz CT molecular complexity index is 813. The summed E-state index contributed by atoms with van der Waals surface area (Å²) < 4.78 is 0. The summed E-state index contributed by atoms with van der Waals surface area (Å²) in [6.07, 6.45) is 2.20. The van der Waals surface area contributed by atoms with Crippen molar-refractivity contribution in [2.75, 3.05) is 38.1 Å². The minimum atomic E-state index is 0. The van der Waals surface area contributed by atoms with Crippen LogP contribution in [-0.4, -0.2) is 56.0 Å². The summed E-state index contributed by atoms with van der Waals surface area (Å²) in [6, 6.07) is 12.6. The van der Waals surface area contributed by atoms with Gasteiger partial charge in [-0.25, -0.2) is 0 Å². The monoisotopic (exact) mass is 555 g/mol. The third-order valence-electron chi connectivity index (χ3n) is 5.59. The average molecular weight is 556 g/mol. The van der Waals surface area contributed by atoms with Crippen LogP contribution < -0.4 is 15.5 Å². The van der Waals surface area contributed by atoms with Gasteiger partial charge in [-0.3, -0.25) is 9.79 Å². The van der Waals surface area contributed by atoms with Crippen LogP contribution in [0.1, 0.15) is 42.6 Å². The normalized spacial score (nSPS) is 14.7. The fourth-order valence-corrected chi connectivity index (χ4v) is 4.51. The van der Waals surface area contributed by atoms with Crippen molar-refractivity contribution in [3.63, 3.8) is 0 Å². The van der Waals surface area contributed by atoms with Crippen LogP contribution in [0.5, 0.6) is 0 Å². The second-order valence-electron chi connectivity index (χ2n) is 7.46. The average Bonchev–Trinajstić information content (AvgIpc) is 3.33. The number of rotatable bonds is 7. The van der Waals surface area contributed by atoms with Crippen molar-refractivity contribution in [3.05, 3.63) is 52.9 Å². The molecule has 2 N–H and O–H groups in total. The lowest BCUT2D eigenvalue weighted by molar-refractivity contribution is 0.0773. The summed E-state index contributed by atoms with van der Waals surface area (Å²) in [5.41, 5.74) is 1.86. The highest BCUT2D eigenvalue weighted by atomic mass is 127. The SMILES string of the molecule is CCN(CC)C(=O)c1ccc(CNC(=NC)NC2CCN(c3cccs3)CC2)cc1.I. The van der Waals surface area contributed by atoms with Crippen molar-refractivity contribution in [3.8, 4) is 0 Å². The molecule has 2 heterocycles. The van der Waals surface area contributed by atoms with Crippen LogP contribution in [0.25, 0.3) is 0 Å². The zero-order valence-electron chi connectivity index (χ0n) is 18.6. The highest BCUT2D eigenvalue weighted by molar-refractivity contribution is 14.0. The molecule has 3 rings (SSSR count). The molecule has 1 aromatic carbocycles. The fourth-order valence-electron chi connectivity index (χ4n) is 3.73. The van der Waals surface area contributed by atoms with Crippen molar-refractivity contribution in [2.45, 2.75) is 39.3 Å². The van der Waals surface area contributed by atoms with Gasteiger partial charge in [0.1, 0.15) is 0 Å². The molecule has 1 fully saturated rings. The first kappa shape index (κ1) is 25.5. The van der Waals surface area contributed by atoms with Gasteiger partial charge in [-0.2, -0.15) is 0 Å². The molecule has 0 spiro atoms. The molecule has 6 nitrogen and oxygen atoms in total. The van der Waals surface area contributed by atoms with Crippen LogP contribution in [-0.2, 0) is 6.54 Å². The molecule has 170 valence electrons. The Balaban J connectivity index is 0.00000341. The van der Waals surface area contributed by atoms with E-state index in [2.05, 4.69) is 38.0 Å². The number of thiophene rings is 1. The van der Waals surface area contributed by atoms with Crippen molar-refractivity contribution in [2.24, 2.45) is 4.99 Å². The zero-order valence-corrected chi connectivity index (χ0v) is 21.8. The molecule has 0 aliphatic carbocycles. The van der Waals surface area contributed by atoms with Crippen LogP contribution in [0.2, 0.25) is 0 Å². The number of anilines is 1. The molecule has 1 aliphatic heterocycles. The molecule has 1 amide bonds. The maximum atomic E-state index is 12.4. The Hall–Kier alpha value is -1.81. The van der Waals surface area contributed by atoms with E-state index in [1.54, 1.807) is 0 Å². The molecule has 1 aliphatic rings. The van der Waals surface area contributed by atoms with E-state index >= 15 is 0 Å². The van der Waals surface area contributed by atoms with E-state index in [4.69, 9.17) is 0 Å². The van der Waals surface area contributed by atoms with Gasteiger partial charge in [0.15, 0.2) is 5.96 Å². The van der Waals surface area contributed by atoms with Gasteiger partial charge in [0.2, 0.25) is 0 Å². The van der Waals surface area contributed by atoms with Gasteiger partial charge in [-0.1, -0.05) is 12.1 Å². The van der Waals surface area contributed by atoms with Gasteiger partial charge in [-0.05, 0) is 61.9 Å². The molecule has 1 saturated heterocycles. The van der Waals surface area contributed by atoms with Crippen molar-refractivity contribution in [1.82, 2.24) is 15.5 Å². The number of halogens is 1. The van der Waals surface area contributed by atoms with E-state index in [0.29, 0.717) is 12.6 Å². The maximum absolute atomic E-state index is 12.4. The number of amides is 1. The predicted octanol–water partition coefficient (Wildman–Crippen LogP) is 4.18. The number of nitrogens with zero attached hydrogens (tertiary/aromatic N) is 3. The number of hydrogen-bond acceptors (Lipinski definition) is 4. The van der Waals surface area contributed by atoms with Gasteiger partial charge in [0.05, 0.1) is 5.00 Å². The third kappa shape index (κ3) is 7.10. The molecular formula is C23H34IN5OS. The lowest BCUT2D eigenvalue weighted by Gasteiger charge is -2.33. The summed E-state index contributed by atoms with van der Waals surface area (Å²) in [4.78, 5) is 21.1. The number of benzene rings is 1. The minimum Gasteiger partial charge on any atom is -0.363 e. The number of carbonyl (C=O) groups is 1. The van der Waals surface area contributed by atoms with Crippen LogP contribution in [0.3, 0.4) is 0 Å². The third-order valence-corrected chi connectivity index (χ3v) is 6.52. The Morgan fingerprint density at radius 3 is 2.39 bits per heavy atom. The van der Waals surface area contributed by atoms with Crippen molar-refractivity contribution < 1.29 is 4.79 Å². The van der Waals surface area contributed by atoms with E-state index < -0.39 is 0 Å². The predicted molar refractivity (Wildman–Crippen MR) is 142 cm³/mol. The first-order chi connectivity index (χ1) is 14.6. The number of guanidine groups is 1. The molecule has 1 aromatic heterocycles.